The van der Waals surface area contributed by atoms with E-state index in [0.717, 1.165) is 30.8 Å². The molecule has 4 rings (SSSR count). The minimum Gasteiger partial charge on any atom is -0.349 e. The molecule has 2 aromatic rings. The summed E-state index contributed by atoms with van der Waals surface area (Å²) >= 11 is 0. The number of nitrogens with zero attached hydrogens (tertiary/aromatic N) is 3. The van der Waals surface area contributed by atoms with E-state index in [1.807, 2.05) is 10.9 Å². The van der Waals surface area contributed by atoms with Gasteiger partial charge in [0.05, 0.1) is 17.2 Å². The molecule has 2 N–H and O–H groups in total. The molecule has 0 aliphatic carbocycles. The molecule has 2 aliphatic rings. The van der Waals surface area contributed by atoms with Gasteiger partial charge in [0, 0.05) is 25.8 Å². The molecule has 1 aromatic heterocycles. The van der Waals surface area contributed by atoms with Gasteiger partial charge < -0.3 is 10.6 Å². The van der Waals surface area contributed by atoms with Gasteiger partial charge >= 0.3 is 0 Å². The van der Waals surface area contributed by atoms with Crippen LogP contribution >= 0.6 is 12.4 Å². The molecule has 0 radical (unpaired) electrons. The quantitative estimate of drug-likeness (QED) is 0.732. The summed E-state index contributed by atoms with van der Waals surface area (Å²) in [7, 11) is 0. The van der Waals surface area contributed by atoms with E-state index in [2.05, 4.69) is 15.7 Å². The van der Waals surface area contributed by atoms with Crippen molar-refractivity contribution in [3.05, 3.63) is 53.3 Å². The summed E-state index contributed by atoms with van der Waals surface area (Å²) in [5.41, 5.74) is 1.16. The van der Waals surface area contributed by atoms with E-state index in [9.17, 15) is 14.4 Å². The van der Waals surface area contributed by atoms with Crippen LogP contribution in [0, 0.1) is 0 Å². The molecule has 28 heavy (non-hydrogen) atoms. The average molecular weight is 404 g/mol. The van der Waals surface area contributed by atoms with Crippen LogP contribution in [0.25, 0.3) is 0 Å². The molecule has 8 nitrogen and oxygen atoms in total. The lowest BCUT2D eigenvalue weighted by molar-refractivity contribution is 0.0649. The summed E-state index contributed by atoms with van der Waals surface area (Å²) < 4.78 is 1.82. The first kappa shape index (κ1) is 20.0. The summed E-state index contributed by atoms with van der Waals surface area (Å²) in [6.07, 6.45) is 3.94. The Morgan fingerprint density at radius 2 is 1.89 bits per heavy atom. The van der Waals surface area contributed by atoms with Gasteiger partial charge in [0.1, 0.15) is 5.69 Å². The van der Waals surface area contributed by atoms with Gasteiger partial charge in [-0.25, -0.2) is 0 Å². The molecule has 9 heteroatoms. The molecule has 2 aliphatic heterocycles. The fourth-order valence-corrected chi connectivity index (χ4v) is 3.54. The number of rotatable bonds is 5. The third kappa shape index (κ3) is 3.79. The van der Waals surface area contributed by atoms with Gasteiger partial charge in [-0.05, 0) is 37.6 Å². The Hall–Kier alpha value is -2.71. The second-order valence-corrected chi connectivity index (χ2v) is 6.74. The zero-order valence-electron chi connectivity index (χ0n) is 15.3. The first-order chi connectivity index (χ1) is 13.1. The molecule has 1 fully saturated rings. The monoisotopic (exact) mass is 403 g/mol. The maximum atomic E-state index is 12.3. The number of hydrogen-bond donors (Lipinski definition) is 2. The van der Waals surface area contributed by atoms with Crippen LogP contribution < -0.4 is 10.6 Å². The number of carbonyl (C=O) groups excluding carboxylic acids is 3. The molecule has 1 unspecified atom stereocenters. The number of aromatic nitrogens is 2. The molecule has 1 saturated heterocycles. The Bertz CT molecular complexity index is 856. The van der Waals surface area contributed by atoms with Crippen molar-refractivity contribution >= 4 is 30.1 Å². The Morgan fingerprint density at radius 1 is 1.18 bits per heavy atom. The van der Waals surface area contributed by atoms with E-state index in [4.69, 9.17) is 0 Å². The minimum atomic E-state index is -0.320. The zero-order valence-corrected chi connectivity index (χ0v) is 16.1. The number of carbonyl (C=O) groups is 3. The van der Waals surface area contributed by atoms with Gasteiger partial charge in [-0.2, -0.15) is 5.10 Å². The highest BCUT2D eigenvalue weighted by atomic mass is 35.5. The normalized spacial score (nSPS) is 18.6. The number of hydrogen-bond acceptors (Lipinski definition) is 5. The highest BCUT2D eigenvalue weighted by Gasteiger charge is 2.34. The van der Waals surface area contributed by atoms with E-state index in [0.29, 0.717) is 16.8 Å². The van der Waals surface area contributed by atoms with Crippen LogP contribution in [0.3, 0.4) is 0 Å². The highest BCUT2D eigenvalue weighted by molar-refractivity contribution is 6.21. The molecule has 0 bridgehead atoms. The first-order valence-electron chi connectivity index (χ1n) is 9.14. The topological polar surface area (TPSA) is 96.3 Å². The molecule has 0 spiro atoms. The molecule has 0 saturated carbocycles. The van der Waals surface area contributed by atoms with Crippen molar-refractivity contribution in [2.24, 2.45) is 0 Å². The Labute approximate surface area is 168 Å². The second kappa shape index (κ2) is 8.53. The van der Waals surface area contributed by atoms with E-state index < -0.39 is 0 Å². The third-order valence-corrected chi connectivity index (χ3v) is 4.99. The van der Waals surface area contributed by atoms with Crippen molar-refractivity contribution in [3.8, 4) is 0 Å². The van der Waals surface area contributed by atoms with E-state index in [1.165, 1.54) is 0 Å². The van der Waals surface area contributed by atoms with Gasteiger partial charge in [-0.3, -0.25) is 24.0 Å². The highest BCUT2D eigenvalue weighted by Crippen LogP contribution is 2.21. The predicted molar refractivity (Wildman–Crippen MR) is 105 cm³/mol. The van der Waals surface area contributed by atoms with Crippen molar-refractivity contribution in [1.82, 2.24) is 25.3 Å². The number of piperidine rings is 1. The van der Waals surface area contributed by atoms with Crippen molar-refractivity contribution in [2.75, 3.05) is 26.2 Å². The number of imide groups is 1. The van der Waals surface area contributed by atoms with Crippen molar-refractivity contribution in [1.29, 1.82) is 0 Å². The standard InChI is InChI=1S/C19H21N5O3.ClH/c25-17(16-7-10-24(22-16)13-4-3-8-20-12-13)21-9-11-23-18(26)14-5-1-2-6-15(14)19(23)27;/h1-2,5-7,10,13,20H,3-4,8-9,11-12H2,(H,21,25);1H. The van der Waals surface area contributed by atoms with E-state index >= 15 is 0 Å². The lowest BCUT2D eigenvalue weighted by Gasteiger charge is -2.22. The molecule has 3 heterocycles. The maximum Gasteiger partial charge on any atom is 0.271 e. The molecule has 1 aromatic carbocycles. The summed E-state index contributed by atoms with van der Waals surface area (Å²) in [6, 6.07) is 8.69. The van der Waals surface area contributed by atoms with Crippen molar-refractivity contribution in [2.45, 2.75) is 18.9 Å². The van der Waals surface area contributed by atoms with Crippen molar-refractivity contribution < 1.29 is 14.4 Å². The van der Waals surface area contributed by atoms with E-state index in [1.54, 1.807) is 30.3 Å². The summed E-state index contributed by atoms with van der Waals surface area (Å²) in [4.78, 5) is 38.1. The maximum absolute atomic E-state index is 12.3. The SMILES string of the molecule is Cl.O=C(NCCN1C(=O)c2ccccc2C1=O)c1ccn(C2CCCNC2)n1. The van der Waals surface area contributed by atoms with Gasteiger partial charge in [0.2, 0.25) is 0 Å². The average Bonchev–Trinajstić information content (AvgIpc) is 3.29. The predicted octanol–water partition coefficient (Wildman–Crippen LogP) is 1.26. The molecule has 148 valence electrons. The van der Waals surface area contributed by atoms with Crippen LogP contribution in [0.2, 0.25) is 0 Å². The largest absolute Gasteiger partial charge is 0.349 e. The smallest absolute Gasteiger partial charge is 0.271 e. The summed E-state index contributed by atoms with van der Waals surface area (Å²) in [5.74, 6) is -0.952. The van der Waals surface area contributed by atoms with Crippen molar-refractivity contribution in [3.63, 3.8) is 0 Å². The fourth-order valence-electron chi connectivity index (χ4n) is 3.54. The minimum absolute atomic E-state index is 0. The van der Waals surface area contributed by atoms with E-state index in [-0.39, 0.29) is 49.3 Å². The molecular formula is C19H22ClN5O3. The van der Waals surface area contributed by atoms with Gasteiger partial charge in [0.15, 0.2) is 0 Å². The fraction of sp³-hybridized carbons (Fsp3) is 0.368. The Balaban J connectivity index is 0.00000225. The summed E-state index contributed by atoms with van der Waals surface area (Å²) in [5, 5.41) is 10.4. The first-order valence-corrected chi connectivity index (χ1v) is 9.14. The van der Waals surface area contributed by atoms with Crippen LogP contribution in [0.4, 0.5) is 0 Å². The lowest BCUT2D eigenvalue weighted by Crippen LogP contribution is -2.38. The Morgan fingerprint density at radius 3 is 2.54 bits per heavy atom. The number of benzene rings is 1. The number of amides is 3. The molecular weight excluding hydrogens is 382 g/mol. The van der Waals surface area contributed by atoms with Gasteiger partial charge in [-0.15, -0.1) is 12.4 Å². The number of nitrogens with one attached hydrogen (secondary N) is 2. The second-order valence-electron chi connectivity index (χ2n) is 6.74. The van der Waals surface area contributed by atoms with Gasteiger partial charge in [-0.1, -0.05) is 12.1 Å². The third-order valence-electron chi connectivity index (χ3n) is 4.99. The Kier molecular flexibility index (Phi) is 6.11. The molecule has 3 amide bonds. The zero-order chi connectivity index (χ0) is 18.8. The summed E-state index contributed by atoms with van der Waals surface area (Å²) in [6.45, 7) is 2.18. The van der Waals surface area contributed by atoms with Crippen LogP contribution in [0.1, 0.15) is 50.1 Å². The van der Waals surface area contributed by atoms with Crippen LogP contribution in [-0.4, -0.2) is 58.6 Å². The molecule has 1 atom stereocenters. The van der Waals surface area contributed by atoms with Gasteiger partial charge in [0.25, 0.3) is 17.7 Å². The van der Waals surface area contributed by atoms with Crippen LogP contribution in [-0.2, 0) is 0 Å². The number of halogens is 1. The van der Waals surface area contributed by atoms with Crippen LogP contribution in [0.5, 0.6) is 0 Å². The van der Waals surface area contributed by atoms with Crippen LogP contribution in [0.15, 0.2) is 36.5 Å². The number of fused-ring (bicyclic) bond motifs is 1. The lowest BCUT2D eigenvalue weighted by atomic mass is 10.1.